The zero-order valence-corrected chi connectivity index (χ0v) is 11.6. The van der Waals surface area contributed by atoms with E-state index in [1.54, 1.807) is 0 Å². The number of nitrogens with one attached hydrogen (secondary N) is 1. The molecular formula is C14H20F3N3. The number of alkyl halides is 3. The van der Waals surface area contributed by atoms with Gasteiger partial charge in [-0.25, -0.2) is 4.98 Å². The van der Waals surface area contributed by atoms with Crippen LogP contribution in [0, 0.1) is 0 Å². The lowest BCUT2D eigenvalue weighted by Gasteiger charge is -2.24. The Balaban J connectivity index is 1.76. The van der Waals surface area contributed by atoms with Gasteiger partial charge in [0.15, 0.2) is 0 Å². The smallest absolute Gasteiger partial charge is 0.369 e. The second-order valence-electron chi connectivity index (χ2n) is 5.28. The Morgan fingerprint density at radius 2 is 2.00 bits per heavy atom. The Hall–Kier alpha value is -1.30. The van der Waals surface area contributed by atoms with Crippen LogP contribution in [0.4, 0.5) is 19.0 Å². The van der Waals surface area contributed by atoms with Gasteiger partial charge in [-0.2, -0.15) is 13.2 Å². The highest BCUT2D eigenvalue weighted by atomic mass is 19.4. The Morgan fingerprint density at radius 3 is 2.55 bits per heavy atom. The maximum atomic E-state index is 12.4. The SMILES string of the molecule is CN(CCNc1ccc(C(F)(F)F)cn1)C1CCCC1. The summed E-state index contributed by atoms with van der Waals surface area (Å²) >= 11 is 0. The number of pyridine rings is 1. The molecule has 0 saturated heterocycles. The van der Waals surface area contributed by atoms with E-state index in [4.69, 9.17) is 0 Å². The Bertz CT molecular complexity index is 411. The first kappa shape index (κ1) is 15.1. The van der Waals surface area contributed by atoms with Crippen LogP contribution in [0.5, 0.6) is 0 Å². The van der Waals surface area contributed by atoms with Crippen molar-refractivity contribution in [1.82, 2.24) is 9.88 Å². The number of anilines is 1. The third-order valence-electron chi connectivity index (χ3n) is 3.81. The first-order valence-corrected chi connectivity index (χ1v) is 6.94. The highest BCUT2D eigenvalue weighted by Gasteiger charge is 2.30. The molecule has 3 nitrogen and oxygen atoms in total. The van der Waals surface area contributed by atoms with Crippen molar-refractivity contribution in [2.45, 2.75) is 37.9 Å². The summed E-state index contributed by atoms with van der Waals surface area (Å²) in [6, 6.07) is 3.08. The van der Waals surface area contributed by atoms with Crippen molar-refractivity contribution in [3.63, 3.8) is 0 Å². The zero-order chi connectivity index (χ0) is 14.6. The van der Waals surface area contributed by atoms with E-state index >= 15 is 0 Å². The fourth-order valence-electron chi connectivity index (χ4n) is 2.55. The average molecular weight is 287 g/mol. The van der Waals surface area contributed by atoms with Gasteiger partial charge < -0.3 is 10.2 Å². The maximum absolute atomic E-state index is 12.4. The molecule has 1 saturated carbocycles. The second kappa shape index (κ2) is 6.43. The molecule has 1 N–H and O–H groups in total. The topological polar surface area (TPSA) is 28.2 Å². The van der Waals surface area contributed by atoms with Crippen molar-refractivity contribution in [1.29, 1.82) is 0 Å². The van der Waals surface area contributed by atoms with E-state index in [1.165, 1.54) is 31.7 Å². The zero-order valence-electron chi connectivity index (χ0n) is 11.6. The predicted octanol–water partition coefficient (Wildman–Crippen LogP) is 3.39. The molecule has 0 aliphatic heterocycles. The van der Waals surface area contributed by atoms with Crippen LogP contribution in [0.2, 0.25) is 0 Å². The molecule has 0 bridgehead atoms. The molecule has 1 aliphatic carbocycles. The lowest BCUT2D eigenvalue weighted by molar-refractivity contribution is -0.137. The summed E-state index contributed by atoms with van der Waals surface area (Å²) in [5.74, 6) is 0.484. The Labute approximate surface area is 117 Å². The molecular weight excluding hydrogens is 267 g/mol. The van der Waals surface area contributed by atoms with E-state index in [0.717, 1.165) is 18.8 Å². The molecule has 1 aromatic rings. The molecule has 1 heterocycles. The molecule has 112 valence electrons. The van der Waals surface area contributed by atoms with Gasteiger partial charge in [0.25, 0.3) is 0 Å². The van der Waals surface area contributed by atoms with E-state index in [9.17, 15) is 13.2 Å². The summed E-state index contributed by atoms with van der Waals surface area (Å²) in [6.07, 6.45) is 1.62. The van der Waals surface area contributed by atoms with Crippen LogP contribution in [0.3, 0.4) is 0 Å². The molecule has 0 spiro atoms. The lowest BCUT2D eigenvalue weighted by atomic mass is 10.2. The molecule has 0 aromatic carbocycles. The summed E-state index contributed by atoms with van der Waals surface area (Å²) in [6.45, 7) is 1.55. The molecule has 0 amide bonds. The van der Waals surface area contributed by atoms with Crippen molar-refractivity contribution in [2.24, 2.45) is 0 Å². The fraction of sp³-hybridized carbons (Fsp3) is 0.643. The van der Waals surface area contributed by atoms with Gasteiger partial charge in [0.05, 0.1) is 5.56 Å². The Morgan fingerprint density at radius 1 is 1.30 bits per heavy atom. The lowest BCUT2D eigenvalue weighted by Crippen LogP contribution is -2.33. The largest absolute Gasteiger partial charge is 0.417 e. The van der Waals surface area contributed by atoms with Gasteiger partial charge in [0.2, 0.25) is 0 Å². The normalized spacial score (nSPS) is 16.9. The van der Waals surface area contributed by atoms with Crippen molar-refractivity contribution < 1.29 is 13.2 Å². The number of likely N-dealkylation sites (N-methyl/N-ethyl adjacent to an activating group) is 1. The number of hydrogen-bond acceptors (Lipinski definition) is 3. The highest BCUT2D eigenvalue weighted by molar-refractivity contribution is 5.36. The van der Waals surface area contributed by atoms with Crippen LogP contribution in [-0.2, 0) is 6.18 Å². The van der Waals surface area contributed by atoms with Crippen LogP contribution < -0.4 is 5.32 Å². The van der Waals surface area contributed by atoms with E-state index < -0.39 is 11.7 Å². The van der Waals surface area contributed by atoms with Crippen LogP contribution in [0.25, 0.3) is 0 Å². The van der Waals surface area contributed by atoms with Crippen LogP contribution >= 0.6 is 0 Å². The number of rotatable bonds is 5. The molecule has 1 aromatic heterocycles. The molecule has 1 fully saturated rings. The van der Waals surface area contributed by atoms with Gasteiger partial charge in [-0.15, -0.1) is 0 Å². The first-order chi connectivity index (χ1) is 9.47. The minimum Gasteiger partial charge on any atom is -0.369 e. The molecule has 2 rings (SSSR count). The van der Waals surface area contributed by atoms with Gasteiger partial charge in [-0.1, -0.05) is 12.8 Å². The minimum absolute atomic E-state index is 0.484. The summed E-state index contributed by atoms with van der Waals surface area (Å²) in [4.78, 5) is 6.10. The third-order valence-corrected chi connectivity index (χ3v) is 3.81. The predicted molar refractivity (Wildman–Crippen MR) is 72.6 cm³/mol. The summed E-state index contributed by atoms with van der Waals surface area (Å²) in [5, 5.41) is 3.06. The van der Waals surface area contributed by atoms with E-state index in [-0.39, 0.29) is 0 Å². The minimum atomic E-state index is -4.33. The monoisotopic (exact) mass is 287 g/mol. The molecule has 0 atom stereocenters. The fourth-order valence-corrected chi connectivity index (χ4v) is 2.55. The Kier molecular flexibility index (Phi) is 4.86. The van der Waals surface area contributed by atoms with E-state index in [1.807, 2.05) is 0 Å². The second-order valence-corrected chi connectivity index (χ2v) is 5.28. The summed E-state index contributed by atoms with van der Waals surface area (Å²) in [5.41, 5.74) is -0.717. The van der Waals surface area contributed by atoms with Gasteiger partial charge in [0, 0.05) is 25.3 Å². The standard InChI is InChI=1S/C14H20F3N3/c1-20(12-4-2-3-5-12)9-8-18-13-7-6-11(10-19-13)14(15,16)17/h6-7,10,12H,2-5,8-9H2,1H3,(H,18,19). The summed E-state index contributed by atoms with van der Waals surface area (Å²) in [7, 11) is 2.10. The van der Waals surface area contributed by atoms with Crippen molar-refractivity contribution >= 4 is 5.82 Å². The van der Waals surface area contributed by atoms with Crippen LogP contribution in [0.1, 0.15) is 31.2 Å². The van der Waals surface area contributed by atoms with Crippen LogP contribution in [-0.4, -0.2) is 36.1 Å². The van der Waals surface area contributed by atoms with Gasteiger partial charge >= 0.3 is 6.18 Å². The maximum Gasteiger partial charge on any atom is 0.417 e. The molecule has 20 heavy (non-hydrogen) atoms. The van der Waals surface area contributed by atoms with Gasteiger partial charge in [0.1, 0.15) is 5.82 Å². The third kappa shape index (κ3) is 4.10. The molecule has 0 radical (unpaired) electrons. The number of hydrogen-bond donors (Lipinski definition) is 1. The molecule has 0 unspecified atom stereocenters. The van der Waals surface area contributed by atoms with Crippen molar-refractivity contribution in [3.8, 4) is 0 Å². The first-order valence-electron chi connectivity index (χ1n) is 6.94. The molecule has 6 heteroatoms. The van der Waals surface area contributed by atoms with Crippen molar-refractivity contribution in [3.05, 3.63) is 23.9 Å². The van der Waals surface area contributed by atoms with Gasteiger partial charge in [-0.3, -0.25) is 0 Å². The van der Waals surface area contributed by atoms with E-state index in [2.05, 4.69) is 22.2 Å². The number of halogens is 3. The molecule has 1 aliphatic rings. The average Bonchev–Trinajstić information content (AvgIpc) is 2.92. The van der Waals surface area contributed by atoms with Crippen molar-refractivity contribution in [2.75, 3.05) is 25.5 Å². The number of nitrogens with zero attached hydrogens (tertiary/aromatic N) is 2. The highest BCUT2D eigenvalue weighted by Crippen LogP contribution is 2.28. The quantitative estimate of drug-likeness (QED) is 0.899. The van der Waals surface area contributed by atoms with Crippen LogP contribution in [0.15, 0.2) is 18.3 Å². The summed E-state index contributed by atoms with van der Waals surface area (Å²) < 4.78 is 37.1. The number of aromatic nitrogens is 1. The van der Waals surface area contributed by atoms with Gasteiger partial charge in [-0.05, 0) is 32.0 Å². The van der Waals surface area contributed by atoms with E-state index in [0.29, 0.717) is 18.4 Å².